The first-order chi connectivity index (χ1) is 11.4. The van der Waals surface area contributed by atoms with Gasteiger partial charge in [-0.1, -0.05) is 6.08 Å². The predicted octanol–water partition coefficient (Wildman–Crippen LogP) is 1.34. The molecule has 6 nitrogen and oxygen atoms in total. The molecule has 1 N–H and O–H groups in total. The molecule has 7 heteroatoms. The Morgan fingerprint density at radius 3 is 2.42 bits per heavy atom. The molecular formula is C17H27N3O3S. The van der Waals surface area contributed by atoms with Crippen LogP contribution in [0.4, 0.5) is 4.79 Å². The van der Waals surface area contributed by atoms with Crippen molar-refractivity contribution in [1.82, 2.24) is 15.1 Å². The molecule has 24 heavy (non-hydrogen) atoms. The lowest BCUT2D eigenvalue weighted by molar-refractivity contribution is 0.179. The van der Waals surface area contributed by atoms with Gasteiger partial charge in [-0.3, -0.25) is 0 Å². The summed E-state index contributed by atoms with van der Waals surface area (Å²) in [5.74, 6) is 0.129. The van der Waals surface area contributed by atoms with Gasteiger partial charge in [0.15, 0.2) is 9.84 Å². The van der Waals surface area contributed by atoms with Crippen molar-refractivity contribution < 1.29 is 13.2 Å². The van der Waals surface area contributed by atoms with Gasteiger partial charge >= 0.3 is 6.03 Å². The van der Waals surface area contributed by atoms with Gasteiger partial charge in [-0.2, -0.15) is 0 Å². The lowest BCUT2D eigenvalue weighted by atomic mass is 9.90. The number of rotatable bonds is 2. The quantitative estimate of drug-likeness (QED) is 0.813. The second-order valence-corrected chi connectivity index (χ2v) is 10.5. The molecule has 4 unspecified atom stereocenters. The minimum Gasteiger partial charge on any atom is -0.327 e. The van der Waals surface area contributed by atoms with E-state index in [4.69, 9.17) is 0 Å². The zero-order valence-electron chi connectivity index (χ0n) is 14.4. The van der Waals surface area contributed by atoms with Crippen molar-refractivity contribution in [2.24, 2.45) is 5.92 Å². The summed E-state index contributed by atoms with van der Waals surface area (Å²) < 4.78 is 26.5. The molecule has 0 aromatic carbocycles. The van der Waals surface area contributed by atoms with Crippen LogP contribution in [0.2, 0.25) is 0 Å². The minimum atomic E-state index is -3.12. The molecule has 4 aliphatic rings. The number of hydrogen-bond donors (Lipinski definition) is 1. The maximum Gasteiger partial charge on any atom is 0.321 e. The fourth-order valence-corrected chi connectivity index (χ4v) is 7.48. The fraction of sp³-hybridized carbons (Fsp3) is 0.824. The van der Waals surface area contributed by atoms with Gasteiger partial charge in [0.1, 0.15) is 0 Å². The van der Waals surface area contributed by atoms with E-state index in [9.17, 15) is 13.2 Å². The van der Waals surface area contributed by atoms with Gasteiger partial charge in [-0.05, 0) is 45.6 Å². The van der Waals surface area contributed by atoms with Crippen LogP contribution in [0.5, 0.6) is 0 Å². The topological polar surface area (TPSA) is 69.7 Å². The van der Waals surface area contributed by atoms with Crippen LogP contribution in [-0.2, 0) is 9.84 Å². The summed E-state index contributed by atoms with van der Waals surface area (Å²) in [5, 5.41) is 2.43. The number of hydrogen-bond acceptors (Lipinski definition) is 4. The monoisotopic (exact) mass is 353 g/mol. The van der Waals surface area contributed by atoms with E-state index in [0.29, 0.717) is 31.5 Å². The number of piperidine rings is 1. The molecule has 3 aliphatic heterocycles. The van der Waals surface area contributed by atoms with Crippen LogP contribution in [0.25, 0.3) is 0 Å². The van der Waals surface area contributed by atoms with Crippen LogP contribution in [0.3, 0.4) is 0 Å². The number of fused-ring (bicyclic) bond motifs is 3. The van der Waals surface area contributed by atoms with Crippen molar-refractivity contribution in [1.29, 1.82) is 0 Å². The molecule has 0 aromatic rings. The molecule has 0 aromatic heterocycles. The molecule has 4 rings (SSSR count). The third-order valence-corrected chi connectivity index (χ3v) is 9.29. The van der Waals surface area contributed by atoms with Crippen LogP contribution in [-0.4, -0.2) is 67.5 Å². The van der Waals surface area contributed by atoms with Gasteiger partial charge in [-0.15, -0.1) is 0 Å². The summed E-state index contributed by atoms with van der Waals surface area (Å²) in [6.07, 6.45) is 7.00. The van der Waals surface area contributed by atoms with Crippen LogP contribution in [0, 0.1) is 5.92 Å². The second kappa shape index (κ2) is 5.73. The average molecular weight is 353 g/mol. The number of sulfone groups is 1. The lowest BCUT2D eigenvalue weighted by Gasteiger charge is -2.40. The molecule has 2 amide bonds. The van der Waals surface area contributed by atoms with Gasteiger partial charge in [0, 0.05) is 37.3 Å². The summed E-state index contributed by atoms with van der Waals surface area (Å²) in [7, 11) is 0.785. The number of amides is 2. The van der Waals surface area contributed by atoms with Gasteiger partial charge in [0.2, 0.25) is 0 Å². The fourth-order valence-electron chi connectivity index (χ4n) is 5.09. The molecule has 0 radical (unpaired) electrons. The van der Waals surface area contributed by atoms with E-state index in [0.717, 1.165) is 31.4 Å². The number of nitrogens with one attached hydrogen (secondary N) is 1. The SMILES string of the molecule is CN1CC2CC(S(=O)(=O)C3CC4CCC(C3)N4C)CC=C2NC1=O. The van der Waals surface area contributed by atoms with E-state index in [2.05, 4.69) is 17.3 Å². The van der Waals surface area contributed by atoms with E-state index in [1.165, 1.54) is 0 Å². The van der Waals surface area contributed by atoms with Crippen molar-refractivity contribution in [2.75, 3.05) is 20.6 Å². The second-order valence-electron chi connectivity index (χ2n) is 7.99. The van der Waals surface area contributed by atoms with Crippen LogP contribution in [0.15, 0.2) is 11.8 Å². The van der Waals surface area contributed by atoms with E-state index in [1.54, 1.807) is 11.9 Å². The number of nitrogens with zero attached hydrogens (tertiary/aromatic N) is 2. The predicted molar refractivity (Wildman–Crippen MR) is 92.3 cm³/mol. The first-order valence-corrected chi connectivity index (χ1v) is 10.6. The Hall–Kier alpha value is -1.08. The molecule has 3 heterocycles. The maximum atomic E-state index is 13.2. The Morgan fingerprint density at radius 1 is 1.08 bits per heavy atom. The largest absolute Gasteiger partial charge is 0.327 e. The molecule has 2 bridgehead atoms. The smallest absolute Gasteiger partial charge is 0.321 e. The first-order valence-electron chi connectivity index (χ1n) is 9.03. The van der Waals surface area contributed by atoms with Crippen LogP contribution < -0.4 is 5.32 Å². The highest BCUT2D eigenvalue weighted by Crippen LogP contribution is 2.40. The summed E-state index contributed by atoms with van der Waals surface area (Å²) in [6, 6.07) is 0.794. The molecule has 4 atom stereocenters. The van der Waals surface area contributed by atoms with Gasteiger partial charge in [0.25, 0.3) is 0 Å². The van der Waals surface area contributed by atoms with Crippen molar-refractivity contribution in [3.63, 3.8) is 0 Å². The third-order valence-electron chi connectivity index (χ3n) is 6.66. The first kappa shape index (κ1) is 16.4. The molecular weight excluding hydrogens is 326 g/mol. The van der Waals surface area contributed by atoms with Crippen molar-refractivity contribution in [2.45, 2.75) is 61.1 Å². The highest BCUT2D eigenvalue weighted by molar-refractivity contribution is 7.92. The minimum absolute atomic E-state index is 0.0919. The number of allylic oxidation sites excluding steroid dienone is 1. The van der Waals surface area contributed by atoms with E-state index < -0.39 is 9.84 Å². The maximum absolute atomic E-state index is 13.2. The average Bonchev–Trinajstić information content (AvgIpc) is 2.75. The number of carbonyl (C=O) groups excluding carboxylic acids is 1. The van der Waals surface area contributed by atoms with E-state index in [1.807, 2.05) is 6.08 Å². The zero-order chi connectivity index (χ0) is 17.1. The number of carbonyl (C=O) groups is 1. The van der Waals surface area contributed by atoms with Gasteiger partial charge < -0.3 is 15.1 Å². The van der Waals surface area contributed by atoms with Crippen molar-refractivity contribution >= 4 is 15.9 Å². The Balaban J connectivity index is 1.51. The van der Waals surface area contributed by atoms with Crippen molar-refractivity contribution in [3.8, 4) is 0 Å². The van der Waals surface area contributed by atoms with E-state index >= 15 is 0 Å². The molecule has 0 saturated carbocycles. The molecule has 3 saturated heterocycles. The van der Waals surface area contributed by atoms with Crippen molar-refractivity contribution in [3.05, 3.63) is 11.8 Å². The zero-order valence-corrected chi connectivity index (χ0v) is 15.3. The Bertz CT molecular complexity index is 661. The van der Waals surface area contributed by atoms with Gasteiger partial charge in [0.05, 0.1) is 10.5 Å². The van der Waals surface area contributed by atoms with Crippen LogP contribution in [0.1, 0.15) is 38.5 Å². The molecule has 0 spiro atoms. The Kier molecular flexibility index (Phi) is 3.91. The van der Waals surface area contributed by atoms with Gasteiger partial charge in [-0.25, -0.2) is 13.2 Å². The Labute approximate surface area is 144 Å². The lowest BCUT2D eigenvalue weighted by Crippen LogP contribution is -2.51. The summed E-state index contributed by atoms with van der Waals surface area (Å²) in [4.78, 5) is 15.8. The molecule has 3 fully saturated rings. The molecule has 1 aliphatic carbocycles. The summed E-state index contributed by atoms with van der Waals surface area (Å²) >= 11 is 0. The van der Waals surface area contributed by atoms with E-state index in [-0.39, 0.29) is 22.4 Å². The summed E-state index contributed by atoms with van der Waals surface area (Å²) in [5.41, 5.74) is 0.924. The molecule has 134 valence electrons. The van der Waals surface area contributed by atoms with Crippen LogP contribution >= 0.6 is 0 Å². The standard InChI is InChI=1S/C17H27N3O3S/c1-19-10-11-7-14(5-6-16(11)18-17(19)21)24(22,23)15-8-12-3-4-13(9-15)20(12)2/h6,11-15H,3-5,7-10H2,1-2H3,(H,18,21). The third kappa shape index (κ3) is 2.56. The summed E-state index contributed by atoms with van der Waals surface area (Å²) in [6.45, 7) is 0.613. The Morgan fingerprint density at radius 2 is 1.75 bits per heavy atom. The highest BCUT2D eigenvalue weighted by atomic mass is 32.2. The highest BCUT2D eigenvalue weighted by Gasteiger charge is 2.46. The number of urea groups is 1. The normalized spacial score (nSPS) is 40.1.